The molecule has 1 aromatic carbocycles. The van der Waals surface area contributed by atoms with Crippen molar-refractivity contribution in [2.24, 2.45) is 0 Å². The van der Waals surface area contributed by atoms with Crippen LogP contribution in [0, 0.1) is 0 Å². The second-order valence-corrected chi connectivity index (χ2v) is 5.37. The molecule has 0 spiro atoms. The zero-order valence-corrected chi connectivity index (χ0v) is 11.9. The van der Waals surface area contributed by atoms with Crippen LogP contribution in [0.4, 0.5) is 0 Å². The minimum atomic E-state index is 0.141. The van der Waals surface area contributed by atoms with Gasteiger partial charge >= 0.3 is 0 Å². The van der Waals surface area contributed by atoms with E-state index in [1.807, 2.05) is 36.0 Å². The van der Waals surface area contributed by atoms with Crippen molar-refractivity contribution in [2.45, 2.75) is 31.1 Å². The van der Waals surface area contributed by atoms with Crippen LogP contribution in [-0.4, -0.2) is 16.9 Å². The molecule has 0 unspecified atom stereocenters. The largest absolute Gasteiger partial charge is 0.293 e. The van der Waals surface area contributed by atoms with Gasteiger partial charge in [-0.1, -0.05) is 47.8 Å². The molecule has 1 nitrogen and oxygen atoms in total. The lowest BCUT2D eigenvalue weighted by atomic mass is 10.2. The summed E-state index contributed by atoms with van der Waals surface area (Å²) in [5.41, 5.74) is 0.787. The third kappa shape index (κ3) is 4.71. The predicted molar refractivity (Wildman–Crippen MR) is 74.8 cm³/mol. The summed E-state index contributed by atoms with van der Waals surface area (Å²) in [5.74, 6) is 1.31. The van der Waals surface area contributed by atoms with E-state index in [0.29, 0.717) is 5.33 Å². The Balaban J connectivity index is 2.42. The maximum absolute atomic E-state index is 11.4. The van der Waals surface area contributed by atoms with Gasteiger partial charge in [-0.3, -0.25) is 4.79 Å². The van der Waals surface area contributed by atoms with Gasteiger partial charge < -0.3 is 0 Å². The third-order valence-corrected chi connectivity index (χ3v) is 3.92. The van der Waals surface area contributed by atoms with Crippen LogP contribution < -0.4 is 0 Å². The molecule has 0 amide bonds. The van der Waals surface area contributed by atoms with E-state index < -0.39 is 0 Å². The molecule has 0 radical (unpaired) electrons. The summed E-state index contributed by atoms with van der Waals surface area (Å²) < 4.78 is 0. The number of rotatable bonds is 7. The molecule has 88 valence electrons. The van der Waals surface area contributed by atoms with Gasteiger partial charge in [0, 0.05) is 10.5 Å². The predicted octanol–water partition coefficient (Wildman–Crippen LogP) is 4.55. The number of carbonyl (C=O) groups is 1. The van der Waals surface area contributed by atoms with Gasteiger partial charge in [0.2, 0.25) is 0 Å². The second-order valence-electron chi connectivity index (χ2n) is 3.64. The molecule has 0 atom stereocenters. The molecule has 0 aliphatic rings. The van der Waals surface area contributed by atoms with Crippen molar-refractivity contribution in [1.29, 1.82) is 0 Å². The van der Waals surface area contributed by atoms with Crippen LogP contribution >= 0.6 is 27.7 Å². The molecule has 0 fully saturated rings. The van der Waals surface area contributed by atoms with E-state index in [0.717, 1.165) is 5.56 Å². The van der Waals surface area contributed by atoms with Crippen molar-refractivity contribution in [2.75, 3.05) is 11.1 Å². The van der Waals surface area contributed by atoms with E-state index >= 15 is 0 Å². The maximum Gasteiger partial charge on any atom is 0.173 e. The molecule has 1 aromatic rings. The van der Waals surface area contributed by atoms with Crippen molar-refractivity contribution in [3.63, 3.8) is 0 Å². The number of ketones is 1. The molecular weight excluding hydrogens is 284 g/mol. The first-order valence-corrected chi connectivity index (χ1v) is 7.70. The molecule has 0 aliphatic heterocycles. The average molecular weight is 301 g/mol. The highest BCUT2D eigenvalue weighted by Crippen LogP contribution is 2.20. The number of alkyl halides is 1. The highest BCUT2D eigenvalue weighted by Gasteiger charge is 2.03. The van der Waals surface area contributed by atoms with E-state index in [4.69, 9.17) is 0 Å². The number of hydrogen-bond donors (Lipinski definition) is 0. The van der Waals surface area contributed by atoms with E-state index in [9.17, 15) is 4.79 Å². The zero-order chi connectivity index (χ0) is 11.8. The minimum Gasteiger partial charge on any atom is -0.293 e. The lowest BCUT2D eigenvalue weighted by Gasteiger charge is -2.02. The highest BCUT2D eigenvalue weighted by atomic mass is 79.9. The lowest BCUT2D eigenvalue weighted by molar-refractivity contribution is 0.102. The number of carbonyl (C=O) groups excluding carboxylic acids is 1. The number of unbranched alkanes of at least 4 members (excludes halogenated alkanes) is 2. The van der Waals surface area contributed by atoms with Crippen molar-refractivity contribution < 1.29 is 4.79 Å². The van der Waals surface area contributed by atoms with Crippen LogP contribution in [0.1, 0.15) is 36.5 Å². The van der Waals surface area contributed by atoms with Gasteiger partial charge in [0.1, 0.15) is 0 Å². The number of thioether (sulfide) groups is 1. The summed E-state index contributed by atoms with van der Waals surface area (Å²) in [5, 5.41) is 0.399. The first kappa shape index (κ1) is 13.8. The van der Waals surface area contributed by atoms with E-state index in [2.05, 4.69) is 22.9 Å². The van der Waals surface area contributed by atoms with Crippen molar-refractivity contribution in [1.82, 2.24) is 0 Å². The normalized spacial score (nSPS) is 10.4. The molecule has 0 saturated heterocycles. The molecule has 1 rings (SSSR count). The van der Waals surface area contributed by atoms with Crippen LogP contribution in [0.25, 0.3) is 0 Å². The summed E-state index contributed by atoms with van der Waals surface area (Å²) in [7, 11) is 0. The highest BCUT2D eigenvalue weighted by molar-refractivity contribution is 9.09. The first-order valence-electron chi connectivity index (χ1n) is 5.60. The average Bonchev–Trinajstić information content (AvgIpc) is 2.34. The molecule has 0 saturated carbocycles. The Morgan fingerprint density at radius 2 is 1.94 bits per heavy atom. The Kier molecular flexibility index (Phi) is 6.81. The Bertz CT molecular complexity index is 321. The van der Waals surface area contributed by atoms with Gasteiger partial charge in [0.05, 0.1) is 5.33 Å². The Labute approximate surface area is 110 Å². The molecular formula is C13H17BrOS. The fourth-order valence-corrected chi connectivity index (χ4v) is 2.59. The third-order valence-electron chi connectivity index (χ3n) is 2.31. The smallest absolute Gasteiger partial charge is 0.173 e. The molecule has 3 heteroatoms. The Hall–Kier alpha value is -0.280. The summed E-state index contributed by atoms with van der Waals surface area (Å²) in [6.07, 6.45) is 3.83. The standard InChI is InChI=1S/C13H17BrOS/c1-2-3-4-9-16-12-7-5-11(6-8-12)13(15)10-14/h5-8H,2-4,9-10H2,1H3. The molecule has 0 bridgehead atoms. The van der Waals surface area contributed by atoms with Crippen molar-refractivity contribution in [3.05, 3.63) is 29.8 Å². The zero-order valence-electron chi connectivity index (χ0n) is 9.54. The van der Waals surface area contributed by atoms with Crippen LogP contribution in [0.15, 0.2) is 29.2 Å². The van der Waals surface area contributed by atoms with Crippen LogP contribution in [0.2, 0.25) is 0 Å². The van der Waals surface area contributed by atoms with Crippen molar-refractivity contribution >= 4 is 33.5 Å². The van der Waals surface area contributed by atoms with Gasteiger partial charge in [0.15, 0.2) is 5.78 Å². The van der Waals surface area contributed by atoms with Gasteiger partial charge in [-0.05, 0) is 24.3 Å². The summed E-state index contributed by atoms with van der Waals surface area (Å²) >= 11 is 5.04. The fraction of sp³-hybridized carbons (Fsp3) is 0.462. The second kappa shape index (κ2) is 7.91. The van der Waals surface area contributed by atoms with Crippen LogP contribution in [-0.2, 0) is 0 Å². The molecule has 0 aliphatic carbocycles. The molecule has 16 heavy (non-hydrogen) atoms. The van der Waals surface area contributed by atoms with E-state index in [-0.39, 0.29) is 5.78 Å². The quantitative estimate of drug-likeness (QED) is 0.318. The van der Waals surface area contributed by atoms with Gasteiger partial charge in [-0.15, -0.1) is 11.8 Å². The SMILES string of the molecule is CCCCCSc1ccc(C(=O)CBr)cc1. The minimum absolute atomic E-state index is 0.141. The summed E-state index contributed by atoms with van der Waals surface area (Å²) in [4.78, 5) is 12.6. The van der Waals surface area contributed by atoms with Crippen LogP contribution in [0.5, 0.6) is 0 Å². The first-order chi connectivity index (χ1) is 7.77. The molecule has 0 aromatic heterocycles. The van der Waals surface area contributed by atoms with Crippen LogP contribution in [0.3, 0.4) is 0 Å². The number of Topliss-reactive ketones (excluding diaryl/α,β-unsaturated/α-hetero) is 1. The molecule has 0 heterocycles. The Morgan fingerprint density at radius 3 is 2.50 bits per heavy atom. The maximum atomic E-state index is 11.4. The molecule has 0 N–H and O–H groups in total. The van der Waals surface area contributed by atoms with Crippen molar-refractivity contribution in [3.8, 4) is 0 Å². The summed E-state index contributed by atoms with van der Waals surface area (Å²) in [6, 6.07) is 7.89. The lowest BCUT2D eigenvalue weighted by Crippen LogP contribution is -1.98. The number of hydrogen-bond acceptors (Lipinski definition) is 2. The van der Waals surface area contributed by atoms with Gasteiger partial charge in [0.25, 0.3) is 0 Å². The number of halogens is 1. The monoisotopic (exact) mass is 300 g/mol. The van der Waals surface area contributed by atoms with Gasteiger partial charge in [-0.25, -0.2) is 0 Å². The Morgan fingerprint density at radius 1 is 1.25 bits per heavy atom. The van der Waals surface area contributed by atoms with E-state index in [1.54, 1.807) is 0 Å². The fourth-order valence-electron chi connectivity index (χ4n) is 1.36. The number of benzene rings is 1. The summed E-state index contributed by atoms with van der Waals surface area (Å²) in [6.45, 7) is 2.21. The topological polar surface area (TPSA) is 17.1 Å². The van der Waals surface area contributed by atoms with E-state index in [1.165, 1.54) is 29.9 Å². The van der Waals surface area contributed by atoms with Gasteiger partial charge in [-0.2, -0.15) is 0 Å².